The zero-order chi connectivity index (χ0) is 20.9. The molecule has 0 saturated heterocycles. The Morgan fingerprint density at radius 2 is 1.73 bits per heavy atom. The second-order valence-corrected chi connectivity index (χ2v) is 7.71. The number of rotatable bonds is 6. The van der Waals surface area contributed by atoms with Crippen LogP contribution in [0.5, 0.6) is 0 Å². The third-order valence-corrected chi connectivity index (χ3v) is 5.71. The predicted octanol–water partition coefficient (Wildman–Crippen LogP) is 3.87. The summed E-state index contributed by atoms with van der Waals surface area (Å²) in [4.78, 5) is 40.8. The lowest BCUT2D eigenvalue weighted by Crippen LogP contribution is -2.26. The van der Waals surface area contributed by atoms with Crippen molar-refractivity contribution in [2.24, 2.45) is 0 Å². The van der Waals surface area contributed by atoms with E-state index in [1.807, 2.05) is 12.1 Å². The molecule has 6 nitrogen and oxygen atoms in total. The van der Waals surface area contributed by atoms with Gasteiger partial charge in [0.05, 0.1) is 17.2 Å². The summed E-state index contributed by atoms with van der Waals surface area (Å²) in [5, 5.41) is 0. The van der Waals surface area contributed by atoms with Gasteiger partial charge in [-0.05, 0) is 36.5 Å². The van der Waals surface area contributed by atoms with Gasteiger partial charge >= 0.3 is 5.97 Å². The van der Waals surface area contributed by atoms with Crippen molar-refractivity contribution >= 4 is 22.8 Å². The first-order chi connectivity index (χ1) is 14.6. The smallest absolute Gasteiger partial charge is 0.326 e. The van der Waals surface area contributed by atoms with Crippen molar-refractivity contribution in [1.29, 1.82) is 0 Å². The molecule has 1 heterocycles. The van der Waals surface area contributed by atoms with Crippen LogP contribution in [0.1, 0.15) is 53.9 Å². The molecule has 0 radical (unpaired) electrons. The van der Waals surface area contributed by atoms with Gasteiger partial charge in [0, 0.05) is 5.56 Å². The second kappa shape index (κ2) is 9.03. The molecule has 0 amide bonds. The van der Waals surface area contributed by atoms with Crippen molar-refractivity contribution in [3.05, 3.63) is 76.2 Å². The van der Waals surface area contributed by atoms with Gasteiger partial charge < -0.3 is 4.74 Å². The van der Waals surface area contributed by atoms with E-state index in [1.165, 1.54) is 48.4 Å². The van der Waals surface area contributed by atoms with Crippen LogP contribution in [0.15, 0.2) is 59.5 Å². The summed E-state index contributed by atoms with van der Waals surface area (Å²) in [7, 11) is 0. The number of benzene rings is 2. The van der Waals surface area contributed by atoms with Crippen molar-refractivity contribution < 1.29 is 14.3 Å². The van der Waals surface area contributed by atoms with E-state index in [0.29, 0.717) is 22.5 Å². The Kier molecular flexibility index (Phi) is 6.02. The molecule has 0 bridgehead atoms. The Morgan fingerprint density at radius 3 is 2.50 bits per heavy atom. The first-order valence-electron chi connectivity index (χ1n) is 10.4. The molecule has 4 rings (SSSR count). The van der Waals surface area contributed by atoms with Crippen LogP contribution in [-0.2, 0) is 16.1 Å². The predicted molar refractivity (Wildman–Crippen MR) is 114 cm³/mol. The number of aromatic nitrogens is 2. The molecule has 1 fully saturated rings. The zero-order valence-electron chi connectivity index (χ0n) is 16.8. The van der Waals surface area contributed by atoms with Gasteiger partial charge in [0.2, 0.25) is 0 Å². The summed E-state index contributed by atoms with van der Waals surface area (Å²) in [5.74, 6) is -0.319. The molecule has 0 unspecified atom stereocenters. The first-order valence-corrected chi connectivity index (χ1v) is 10.4. The maximum Gasteiger partial charge on any atom is 0.326 e. The minimum absolute atomic E-state index is 0.259. The fourth-order valence-electron chi connectivity index (χ4n) is 4.06. The SMILES string of the molecule is O=C(Cn1c(=O)cnc2ccccc21)OCC(=O)c1ccc(C2CCCCC2)cc1. The van der Waals surface area contributed by atoms with E-state index in [-0.39, 0.29) is 18.9 Å². The first kappa shape index (κ1) is 20.0. The average Bonchev–Trinajstić information content (AvgIpc) is 2.80. The van der Waals surface area contributed by atoms with Gasteiger partial charge in [-0.2, -0.15) is 0 Å². The van der Waals surface area contributed by atoms with Crippen LogP contribution in [0.2, 0.25) is 0 Å². The lowest BCUT2D eigenvalue weighted by Gasteiger charge is -2.22. The van der Waals surface area contributed by atoms with Crippen molar-refractivity contribution in [3.63, 3.8) is 0 Å². The van der Waals surface area contributed by atoms with Gasteiger partial charge in [0.25, 0.3) is 5.56 Å². The molecule has 0 atom stereocenters. The summed E-state index contributed by atoms with van der Waals surface area (Å²) >= 11 is 0. The number of carbonyl (C=O) groups is 2. The van der Waals surface area contributed by atoms with E-state index < -0.39 is 11.5 Å². The minimum Gasteiger partial charge on any atom is -0.456 e. The molecule has 6 heteroatoms. The topological polar surface area (TPSA) is 78.3 Å². The molecule has 30 heavy (non-hydrogen) atoms. The van der Waals surface area contributed by atoms with Gasteiger partial charge in [-0.1, -0.05) is 55.7 Å². The third kappa shape index (κ3) is 4.48. The van der Waals surface area contributed by atoms with Crippen LogP contribution < -0.4 is 5.56 Å². The summed E-state index contributed by atoms with van der Waals surface area (Å²) < 4.78 is 6.44. The van der Waals surface area contributed by atoms with Gasteiger partial charge in [-0.25, -0.2) is 4.98 Å². The molecule has 154 valence electrons. The summed E-state index contributed by atoms with van der Waals surface area (Å²) in [6.07, 6.45) is 7.41. The van der Waals surface area contributed by atoms with E-state index in [2.05, 4.69) is 4.98 Å². The number of nitrogens with zero attached hydrogens (tertiary/aromatic N) is 2. The molecule has 2 aromatic carbocycles. The third-order valence-electron chi connectivity index (χ3n) is 5.71. The van der Waals surface area contributed by atoms with E-state index in [4.69, 9.17) is 4.74 Å². The van der Waals surface area contributed by atoms with Crippen molar-refractivity contribution in [2.75, 3.05) is 6.61 Å². The normalized spacial score (nSPS) is 14.5. The van der Waals surface area contributed by atoms with Crippen LogP contribution in [0.25, 0.3) is 11.0 Å². The van der Waals surface area contributed by atoms with Crippen LogP contribution in [0.4, 0.5) is 0 Å². The molecule has 3 aromatic rings. The molecular formula is C24H24N2O4. The quantitative estimate of drug-likeness (QED) is 0.460. The maximum atomic E-state index is 12.4. The van der Waals surface area contributed by atoms with Gasteiger partial charge in [-0.15, -0.1) is 0 Å². The molecule has 1 aromatic heterocycles. The highest BCUT2D eigenvalue weighted by atomic mass is 16.5. The fraction of sp³-hybridized carbons (Fsp3) is 0.333. The van der Waals surface area contributed by atoms with Gasteiger partial charge in [-0.3, -0.25) is 19.0 Å². The highest BCUT2D eigenvalue weighted by Crippen LogP contribution is 2.32. The number of ether oxygens (including phenoxy) is 1. The molecule has 0 spiro atoms. The average molecular weight is 404 g/mol. The Labute approximate surface area is 174 Å². The van der Waals surface area contributed by atoms with Gasteiger partial charge in [0.15, 0.2) is 12.4 Å². The van der Waals surface area contributed by atoms with Crippen LogP contribution >= 0.6 is 0 Å². The number of esters is 1. The maximum absolute atomic E-state index is 12.4. The molecule has 0 N–H and O–H groups in total. The summed E-state index contributed by atoms with van der Waals surface area (Å²) in [6.45, 7) is -0.616. The number of para-hydroxylation sites is 2. The van der Waals surface area contributed by atoms with Crippen LogP contribution in [0.3, 0.4) is 0 Å². The summed E-state index contributed by atoms with van der Waals surface area (Å²) in [5.41, 5.74) is 2.56. The Bertz CT molecular complexity index is 1110. The molecule has 1 aliphatic rings. The lowest BCUT2D eigenvalue weighted by molar-refractivity contribution is -0.143. The number of hydrogen-bond donors (Lipinski definition) is 0. The number of hydrogen-bond acceptors (Lipinski definition) is 5. The standard InChI is InChI=1S/C24H24N2O4/c27-22(19-12-10-18(11-13-19)17-6-2-1-3-7-17)16-30-24(29)15-26-21-9-5-4-8-20(21)25-14-23(26)28/h4-5,8-14,17H,1-3,6-7,15-16H2. The van der Waals surface area contributed by atoms with Crippen molar-refractivity contribution in [1.82, 2.24) is 9.55 Å². The largest absolute Gasteiger partial charge is 0.456 e. The number of carbonyl (C=O) groups excluding carboxylic acids is 2. The van der Waals surface area contributed by atoms with E-state index in [9.17, 15) is 14.4 Å². The highest BCUT2D eigenvalue weighted by Gasteiger charge is 2.17. The van der Waals surface area contributed by atoms with Crippen molar-refractivity contribution in [3.8, 4) is 0 Å². The van der Waals surface area contributed by atoms with E-state index in [0.717, 1.165) is 0 Å². The van der Waals surface area contributed by atoms with Crippen LogP contribution in [-0.4, -0.2) is 27.9 Å². The number of ketones is 1. The van der Waals surface area contributed by atoms with E-state index >= 15 is 0 Å². The lowest BCUT2D eigenvalue weighted by atomic mass is 9.84. The zero-order valence-corrected chi connectivity index (χ0v) is 16.8. The monoisotopic (exact) mass is 404 g/mol. The van der Waals surface area contributed by atoms with Gasteiger partial charge in [0.1, 0.15) is 6.54 Å². The molecule has 1 saturated carbocycles. The molecular weight excluding hydrogens is 380 g/mol. The highest BCUT2D eigenvalue weighted by molar-refractivity contribution is 5.98. The number of fused-ring (bicyclic) bond motifs is 1. The van der Waals surface area contributed by atoms with E-state index in [1.54, 1.807) is 36.4 Å². The Morgan fingerprint density at radius 1 is 1.00 bits per heavy atom. The fourth-order valence-corrected chi connectivity index (χ4v) is 4.06. The van der Waals surface area contributed by atoms with Crippen molar-refractivity contribution in [2.45, 2.75) is 44.6 Å². The molecule has 1 aliphatic carbocycles. The van der Waals surface area contributed by atoms with Crippen LogP contribution in [0, 0.1) is 0 Å². The molecule has 0 aliphatic heterocycles. The Hall–Kier alpha value is -3.28. The Balaban J connectivity index is 1.37. The summed E-state index contributed by atoms with van der Waals surface area (Å²) in [6, 6.07) is 14.7. The minimum atomic E-state index is -0.638. The second-order valence-electron chi connectivity index (χ2n) is 7.71. The number of Topliss-reactive ketones (excluding diaryl/α,β-unsaturated/α-hetero) is 1.